The molecular formula is C14H20O2. The molecule has 2 nitrogen and oxygen atoms in total. The number of phenolic OH excluding ortho intramolecular Hbond substituents is 1. The van der Waals surface area contributed by atoms with Gasteiger partial charge in [-0.05, 0) is 18.6 Å². The lowest BCUT2D eigenvalue weighted by Gasteiger charge is -2.22. The normalized spacial score (nSPS) is 11.4. The van der Waals surface area contributed by atoms with Crippen LogP contribution in [0.4, 0.5) is 0 Å². The Hall–Kier alpha value is -1.31. The summed E-state index contributed by atoms with van der Waals surface area (Å²) < 4.78 is 0. The summed E-state index contributed by atoms with van der Waals surface area (Å²) in [4.78, 5) is 12.2. The van der Waals surface area contributed by atoms with Gasteiger partial charge in [0.25, 0.3) is 0 Å². The number of carbonyl (C=O) groups excluding carboxylic acids is 1. The predicted octanol–water partition coefficient (Wildman–Crippen LogP) is 3.79. The molecular weight excluding hydrogens is 200 g/mol. The molecule has 16 heavy (non-hydrogen) atoms. The molecule has 2 heteroatoms. The standard InChI is InChI=1S/C14H20O2/c1-4-5-9-14(2,3)13(16)11-7-6-8-12(15)10-11/h6-8,10,15H,4-5,9H2,1-3H3. The molecule has 0 aliphatic rings. The van der Waals surface area contributed by atoms with E-state index in [0.717, 1.165) is 19.3 Å². The molecule has 0 fully saturated rings. The third kappa shape index (κ3) is 3.09. The van der Waals surface area contributed by atoms with E-state index in [2.05, 4.69) is 6.92 Å². The first-order chi connectivity index (χ1) is 7.47. The molecule has 0 heterocycles. The number of phenols is 1. The van der Waals surface area contributed by atoms with Gasteiger partial charge in [0.05, 0.1) is 0 Å². The number of ketones is 1. The molecule has 1 N–H and O–H groups in total. The average molecular weight is 220 g/mol. The van der Waals surface area contributed by atoms with Crippen LogP contribution in [0.3, 0.4) is 0 Å². The lowest BCUT2D eigenvalue weighted by atomic mass is 9.80. The van der Waals surface area contributed by atoms with Crippen molar-refractivity contribution in [1.29, 1.82) is 0 Å². The highest BCUT2D eigenvalue weighted by Gasteiger charge is 2.27. The predicted molar refractivity (Wildman–Crippen MR) is 65.7 cm³/mol. The first-order valence-electron chi connectivity index (χ1n) is 5.81. The van der Waals surface area contributed by atoms with Crippen molar-refractivity contribution < 1.29 is 9.90 Å². The minimum absolute atomic E-state index is 0.108. The van der Waals surface area contributed by atoms with Gasteiger partial charge in [-0.25, -0.2) is 0 Å². The number of unbranched alkanes of at least 4 members (excludes halogenated alkanes) is 1. The maximum atomic E-state index is 12.2. The van der Waals surface area contributed by atoms with Crippen molar-refractivity contribution in [1.82, 2.24) is 0 Å². The van der Waals surface area contributed by atoms with Crippen LogP contribution in [0.1, 0.15) is 50.4 Å². The molecule has 0 spiro atoms. The van der Waals surface area contributed by atoms with Crippen molar-refractivity contribution in [2.75, 3.05) is 0 Å². The Bertz CT molecular complexity index is 367. The minimum Gasteiger partial charge on any atom is -0.508 e. The Labute approximate surface area is 97.3 Å². The highest BCUT2D eigenvalue weighted by Crippen LogP contribution is 2.29. The van der Waals surface area contributed by atoms with Gasteiger partial charge in [0.1, 0.15) is 5.75 Å². The molecule has 0 unspecified atom stereocenters. The fraction of sp³-hybridized carbons (Fsp3) is 0.500. The summed E-state index contributed by atoms with van der Waals surface area (Å²) in [6, 6.07) is 6.58. The quantitative estimate of drug-likeness (QED) is 0.766. The third-order valence-electron chi connectivity index (χ3n) is 2.88. The van der Waals surface area contributed by atoms with Crippen molar-refractivity contribution in [3.8, 4) is 5.75 Å². The Kier molecular flexibility index (Phi) is 4.11. The van der Waals surface area contributed by atoms with Crippen LogP contribution in [0.2, 0.25) is 0 Å². The van der Waals surface area contributed by atoms with Crippen LogP contribution in [-0.2, 0) is 0 Å². The maximum Gasteiger partial charge on any atom is 0.168 e. The zero-order chi connectivity index (χ0) is 12.2. The highest BCUT2D eigenvalue weighted by atomic mass is 16.3. The second-order valence-corrected chi connectivity index (χ2v) is 4.87. The zero-order valence-corrected chi connectivity index (χ0v) is 10.3. The fourth-order valence-corrected chi connectivity index (χ4v) is 1.77. The van der Waals surface area contributed by atoms with Gasteiger partial charge in [-0.1, -0.05) is 45.7 Å². The number of rotatable bonds is 5. The van der Waals surface area contributed by atoms with Gasteiger partial charge in [0.15, 0.2) is 5.78 Å². The second kappa shape index (κ2) is 5.15. The topological polar surface area (TPSA) is 37.3 Å². The number of aromatic hydroxyl groups is 1. The number of hydrogen-bond donors (Lipinski definition) is 1. The molecule has 0 aliphatic carbocycles. The van der Waals surface area contributed by atoms with Crippen molar-refractivity contribution >= 4 is 5.78 Å². The van der Waals surface area contributed by atoms with E-state index in [1.807, 2.05) is 13.8 Å². The lowest BCUT2D eigenvalue weighted by Crippen LogP contribution is -2.24. The summed E-state index contributed by atoms with van der Waals surface area (Å²) in [5, 5.41) is 9.35. The molecule has 88 valence electrons. The maximum absolute atomic E-state index is 12.2. The van der Waals surface area contributed by atoms with Crippen LogP contribution in [0, 0.1) is 5.41 Å². The van der Waals surface area contributed by atoms with Gasteiger partial charge >= 0.3 is 0 Å². The van der Waals surface area contributed by atoms with E-state index in [4.69, 9.17) is 0 Å². The van der Waals surface area contributed by atoms with Crippen LogP contribution in [-0.4, -0.2) is 10.9 Å². The Balaban J connectivity index is 2.84. The summed E-state index contributed by atoms with van der Waals surface area (Å²) in [5.74, 6) is 0.258. The summed E-state index contributed by atoms with van der Waals surface area (Å²) in [7, 11) is 0. The van der Waals surface area contributed by atoms with E-state index in [-0.39, 0.29) is 16.9 Å². The van der Waals surface area contributed by atoms with Crippen LogP contribution >= 0.6 is 0 Å². The van der Waals surface area contributed by atoms with E-state index < -0.39 is 0 Å². The van der Waals surface area contributed by atoms with Gasteiger partial charge in [0, 0.05) is 11.0 Å². The van der Waals surface area contributed by atoms with Crippen LogP contribution in [0.25, 0.3) is 0 Å². The second-order valence-electron chi connectivity index (χ2n) is 4.87. The third-order valence-corrected chi connectivity index (χ3v) is 2.88. The van der Waals surface area contributed by atoms with Crippen molar-refractivity contribution in [3.05, 3.63) is 29.8 Å². The van der Waals surface area contributed by atoms with E-state index in [1.165, 1.54) is 6.07 Å². The first-order valence-corrected chi connectivity index (χ1v) is 5.81. The summed E-state index contributed by atoms with van der Waals surface area (Å²) >= 11 is 0. The number of benzene rings is 1. The number of carbonyl (C=O) groups is 1. The first kappa shape index (κ1) is 12.8. The molecule has 0 saturated carbocycles. The number of hydrogen-bond acceptors (Lipinski definition) is 2. The molecule has 1 aromatic carbocycles. The molecule has 0 saturated heterocycles. The minimum atomic E-state index is -0.343. The summed E-state index contributed by atoms with van der Waals surface area (Å²) in [5.41, 5.74) is 0.255. The van der Waals surface area contributed by atoms with Gasteiger partial charge in [-0.15, -0.1) is 0 Å². The average Bonchev–Trinajstić information content (AvgIpc) is 2.25. The van der Waals surface area contributed by atoms with Gasteiger partial charge in [-0.2, -0.15) is 0 Å². The fourth-order valence-electron chi connectivity index (χ4n) is 1.77. The zero-order valence-electron chi connectivity index (χ0n) is 10.3. The van der Waals surface area contributed by atoms with Crippen LogP contribution < -0.4 is 0 Å². The van der Waals surface area contributed by atoms with Crippen molar-refractivity contribution in [2.24, 2.45) is 5.41 Å². The number of Topliss-reactive ketones (excluding diaryl/α,β-unsaturated/α-hetero) is 1. The van der Waals surface area contributed by atoms with Gasteiger partial charge < -0.3 is 5.11 Å². The van der Waals surface area contributed by atoms with E-state index >= 15 is 0 Å². The summed E-state index contributed by atoms with van der Waals surface area (Å²) in [6.07, 6.45) is 3.03. The van der Waals surface area contributed by atoms with Crippen molar-refractivity contribution in [3.63, 3.8) is 0 Å². The van der Waals surface area contributed by atoms with Gasteiger partial charge in [0.2, 0.25) is 0 Å². The molecule has 0 bridgehead atoms. The molecule has 0 atom stereocenters. The smallest absolute Gasteiger partial charge is 0.168 e. The van der Waals surface area contributed by atoms with Gasteiger partial charge in [-0.3, -0.25) is 4.79 Å². The molecule has 0 radical (unpaired) electrons. The van der Waals surface area contributed by atoms with E-state index in [1.54, 1.807) is 18.2 Å². The lowest BCUT2D eigenvalue weighted by molar-refractivity contribution is 0.0823. The largest absolute Gasteiger partial charge is 0.508 e. The molecule has 1 aromatic rings. The van der Waals surface area contributed by atoms with Crippen molar-refractivity contribution in [2.45, 2.75) is 40.0 Å². The Morgan fingerprint density at radius 3 is 2.62 bits per heavy atom. The molecule has 0 aliphatic heterocycles. The van der Waals surface area contributed by atoms with Crippen LogP contribution in [0.5, 0.6) is 5.75 Å². The van der Waals surface area contributed by atoms with Crippen LogP contribution in [0.15, 0.2) is 24.3 Å². The van der Waals surface area contributed by atoms with E-state index in [9.17, 15) is 9.90 Å². The Morgan fingerprint density at radius 2 is 2.06 bits per heavy atom. The SMILES string of the molecule is CCCCC(C)(C)C(=O)c1cccc(O)c1. The molecule has 1 rings (SSSR count). The summed E-state index contributed by atoms with van der Waals surface area (Å²) in [6.45, 7) is 6.05. The molecule has 0 amide bonds. The highest BCUT2D eigenvalue weighted by molar-refractivity contribution is 6.00. The monoisotopic (exact) mass is 220 g/mol. The molecule has 0 aromatic heterocycles. The Morgan fingerprint density at radius 1 is 1.38 bits per heavy atom. The van der Waals surface area contributed by atoms with E-state index in [0.29, 0.717) is 5.56 Å².